The van der Waals surface area contributed by atoms with E-state index >= 15 is 0 Å². The molecule has 5 heteroatoms. The first-order valence-corrected chi connectivity index (χ1v) is 7.07. The number of amides is 1. The maximum atomic E-state index is 13.6. The van der Waals surface area contributed by atoms with E-state index in [0.717, 1.165) is 0 Å². The van der Waals surface area contributed by atoms with Crippen molar-refractivity contribution >= 4 is 11.9 Å². The minimum atomic E-state index is -0.906. The molecule has 0 aliphatic carbocycles. The molecule has 4 nitrogen and oxygen atoms in total. The van der Waals surface area contributed by atoms with Crippen LogP contribution in [0.15, 0.2) is 18.2 Å². The number of hydrogen-bond donors (Lipinski definition) is 1. The summed E-state index contributed by atoms with van der Waals surface area (Å²) in [6.45, 7) is 5.84. The van der Waals surface area contributed by atoms with E-state index < -0.39 is 17.2 Å². The predicted molar refractivity (Wildman–Crippen MR) is 76.6 cm³/mol. The van der Waals surface area contributed by atoms with Gasteiger partial charge in [-0.3, -0.25) is 9.59 Å². The molecule has 2 rings (SSSR count). The molecule has 0 radical (unpaired) electrons. The van der Waals surface area contributed by atoms with Gasteiger partial charge in [0.15, 0.2) is 0 Å². The topological polar surface area (TPSA) is 57.6 Å². The Morgan fingerprint density at radius 1 is 1.38 bits per heavy atom. The van der Waals surface area contributed by atoms with Crippen LogP contribution >= 0.6 is 0 Å². The zero-order valence-corrected chi connectivity index (χ0v) is 12.5. The van der Waals surface area contributed by atoms with Crippen LogP contribution < -0.4 is 0 Å². The third-order valence-corrected chi connectivity index (χ3v) is 4.62. The maximum absolute atomic E-state index is 13.6. The molecule has 0 aromatic heterocycles. The summed E-state index contributed by atoms with van der Waals surface area (Å²) in [6.07, 6.45) is 0.431. The van der Waals surface area contributed by atoms with E-state index in [1.54, 1.807) is 13.0 Å². The standard InChI is InChI=1S/C16H20FNO3/c1-10(2)16(15(20)21)7-8-18(9-16)14(19)12-5-4-6-13(17)11(12)3/h4-6,10H,7-9H2,1-3H3,(H,20,21). The second-order valence-corrected chi connectivity index (χ2v) is 6.01. The molecule has 0 saturated carbocycles. The molecule has 1 heterocycles. The molecular formula is C16H20FNO3. The molecule has 114 valence electrons. The number of rotatable bonds is 3. The molecule has 1 aliphatic rings. The Morgan fingerprint density at radius 2 is 2.05 bits per heavy atom. The summed E-state index contributed by atoms with van der Waals surface area (Å²) >= 11 is 0. The van der Waals surface area contributed by atoms with Crippen LogP contribution in [0.4, 0.5) is 4.39 Å². The van der Waals surface area contributed by atoms with Crippen molar-refractivity contribution in [2.75, 3.05) is 13.1 Å². The molecule has 1 saturated heterocycles. The lowest BCUT2D eigenvalue weighted by Crippen LogP contribution is -2.40. The molecule has 1 fully saturated rings. The van der Waals surface area contributed by atoms with Gasteiger partial charge in [0.05, 0.1) is 5.41 Å². The summed E-state index contributed by atoms with van der Waals surface area (Å²) in [7, 11) is 0. The number of carboxylic acid groups (broad SMARTS) is 1. The molecule has 21 heavy (non-hydrogen) atoms. The van der Waals surface area contributed by atoms with Gasteiger partial charge in [0.2, 0.25) is 0 Å². The lowest BCUT2D eigenvalue weighted by molar-refractivity contribution is -0.150. The van der Waals surface area contributed by atoms with Gasteiger partial charge in [0, 0.05) is 18.7 Å². The molecule has 1 N–H and O–H groups in total. The minimum absolute atomic E-state index is 0.0681. The lowest BCUT2D eigenvalue weighted by atomic mass is 9.76. The summed E-state index contributed by atoms with van der Waals surface area (Å²) in [5, 5.41) is 9.51. The Balaban J connectivity index is 2.27. The summed E-state index contributed by atoms with van der Waals surface area (Å²) in [4.78, 5) is 25.6. The van der Waals surface area contributed by atoms with Crippen molar-refractivity contribution in [3.8, 4) is 0 Å². The number of hydrogen-bond acceptors (Lipinski definition) is 2. The highest BCUT2D eigenvalue weighted by Crippen LogP contribution is 2.38. The van der Waals surface area contributed by atoms with Gasteiger partial charge in [-0.25, -0.2) is 4.39 Å². The van der Waals surface area contributed by atoms with E-state index in [9.17, 15) is 19.1 Å². The Labute approximate surface area is 123 Å². The van der Waals surface area contributed by atoms with E-state index in [-0.39, 0.29) is 18.4 Å². The van der Waals surface area contributed by atoms with Gasteiger partial charge < -0.3 is 10.0 Å². The quantitative estimate of drug-likeness (QED) is 0.932. The molecule has 1 aliphatic heterocycles. The van der Waals surface area contributed by atoms with Gasteiger partial charge in [0.25, 0.3) is 5.91 Å². The van der Waals surface area contributed by atoms with Crippen LogP contribution in [0.2, 0.25) is 0 Å². The van der Waals surface area contributed by atoms with Gasteiger partial charge in [-0.15, -0.1) is 0 Å². The molecule has 0 bridgehead atoms. The summed E-state index contributed by atoms with van der Waals surface area (Å²) < 4.78 is 13.6. The fourth-order valence-electron chi connectivity index (χ4n) is 2.91. The molecular weight excluding hydrogens is 273 g/mol. The number of carbonyl (C=O) groups is 2. The zero-order chi connectivity index (χ0) is 15.8. The van der Waals surface area contributed by atoms with Crippen molar-refractivity contribution in [1.82, 2.24) is 4.90 Å². The van der Waals surface area contributed by atoms with Crippen LogP contribution in [-0.4, -0.2) is 35.0 Å². The highest BCUT2D eigenvalue weighted by molar-refractivity contribution is 5.96. The van der Waals surface area contributed by atoms with Crippen molar-refractivity contribution in [3.05, 3.63) is 35.1 Å². The van der Waals surface area contributed by atoms with Crippen LogP contribution in [0.3, 0.4) is 0 Å². The lowest BCUT2D eigenvalue weighted by Gasteiger charge is -2.28. The van der Waals surface area contributed by atoms with Crippen LogP contribution in [0.1, 0.15) is 36.2 Å². The number of carbonyl (C=O) groups excluding carboxylic acids is 1. The van der Waals surface area contributed by atoms with Crippen molar-refractivity contribution in [2.45, 2.75) is 27.2 Å². The van der Waals surface area contributed by atoms with E-state index in [1.165, 1.54) is 17.0 Å². The van der Waals surface area contributed by atoms with Crippen molar-refractivity contribution in [3.63, 3.8) is 0 Å². The highest BCUT2D eigenvalue weighted by atomic mass is 19.1. The largest absolute Gasteiger partial charge is 0.481 e. The first kappa shape index (κ1) is 15.5. The molecule has 1 aromatic rings. The number of aliphatic carboxylic acids is 1. The van der Waals surface area contributed by atoms with Gasteiger partial charge in [-0.2, -0.15) is 0 Å². The van der Waals surface area contributed by atoms with E-state index in [0.29, 0.717) is 24.1 Å². The SMILES string of the molecule is Cc1c(F)cccc1C(=O)N1CCC(C(=O)O)(C(C)C)C1. The van der Waals surface area contributed by atoms with Crippen LogP contribution in [0.25, 0.3) is 0 Å². The number of nitrogens with zero attached hydrogens (tertiary/aromatic N) is 1. The van der Waals surface area contributed by atoms with Crippen LogP contribution in [-0.2, 0) is 4.79 Å². The number of halogens is 1. The third-order valence-electron chi connectivity index (χ3n) is 4.62. The average Bonchev–Trinajstić information content (AvgIpc) is 2.87. The first-order chi connectivity index (χ1) is 9.79. The third kappa shape index (κ3) is 2.52. The number of carboxylic acids is 1. The summed E-state index contributed by atoms with van der Waals surface area (Å²) in [6, 6.07) is 4.39. The maximum Gasteiger partial charge on any atom is 0.311 e. The molecule has 1 aromatic carbocycles. The minimum Gasteiger partial charge on any atom is -0.481 e. The smallest absolute Gasteiger partial charge is 0.311 e. The van der Waals surface area contributed by atoms with Gasteiger partial charge in [-0.1, -0.05) is 19.9 Å². The summed E-state index contributed by atoms with van der Waals surface area (Å²) in [5.74, 6) is -1.66. The van der Waals surface area contributed by atoms with E-state index in [2.05, 4.69) is 0 Å². The van der Waals surface area contributed by atoms with Crippen molar-refractivity contribution in [1.29, 1.82) is 0 Å². The van der Waals surface area contributed by atoms with Crippen LogP contribution in [0, 0.1) is 24.1 Å². The van der Waals surface area contributed by atoms with Crippen molar-refractivity contribution < 1.29 is 19.1 Å². The zero-order valence-electron chi connectivity index (χ0n) is 12.5. The van der Waals surface area contributed by atoms with Gasteiger partial charge in [0.1, 0.15) is 5.82 Å². The molecule has 1 atom stereocenters. The first-order valence-electron chi connectivity index (χ1n) is 7.07. The second kappa shape index (κ2) is 5.47. The molecule has 1 unspecified atom stereocenters. The van der Waals surface area contributed by atoms with Crippen LogP contribution in [0.5, 0.6) is 0 Å². The average molecular weight is 293 g/mol. The summed E-state index contributed by atoms with van der Waals surface area (Å²) in [5.41, 5.74) is -0.295. The van der Waals surface area contributed by atoms with Crippen molar-refractivity contribution in [2.24, 2.45) is 11.3 Å². The normalized spacial score (nSPS) is 21.9. The molecule has 1 amide bonds. The molecule has 0 spiro atoms. The fraction of sp³-hybridized carbons (Fsp3) is 0.500. The Kier molecular flexibility index (Phi) is 4.03. The monoisotopic (exact) mass is 293 g/mol. The highest BCUT2D eigenvalue weighted by Gasteiger charge is 2.48. The predicted octanol–water partition coefficient (Wildman–Crippen LogP) is 2.71. The second-order valence-electron chi connectivity index (χ2n) is 6.01. The van der Waals surface area contributed by atoms with E-state index in [1.807, 2.05) is 13.8 Å². The van der Waals surface area contributed by atoms with Gasteiger partial charge >= 0.3 is 5.97 Å². The van der Waals surface area contributed by atoms with Gasteiger partial charge in [-0.05, 0) is 37.0 Å². The number of likely N-dealkylation sites (tertiary alicyclic amines) is 1. The number of benzene rings is 1. The Morgan fingerprint density at radius 3 is 2.57 bits per heavy atom. The Hall–Kier alpha value is -1.91. The Bertz CT molecular complexity index is 585. The van der Waals surface area contributed by atoms with E-state index in [4.69, 9.17) is 0 Å². The fourth-order valence-corrected chi connectivity index (χ4v) is 2.91.